The number of thiazole rings is 1. The zero-order valence-electron chi connectivity index (χ0n) is 9.16. The van der Waals surface area contributed by atoms with Crippen molar-refractivity contribution in [3.8, 4) is 11.3 Å². The highest BCUT2D eigenvalue weighted by molar-refractivity contribution is 7.09. The third-order valence-electron chi connectivity index (χ3n) is 2.62. The van der Waals surface area contributed by atoms with E-state index >= 15 is 0 Å². The number of aromatic nitrogens is 1. The second-order valence-electron chi connectivity index (χ2n) is 3.76. The van der Waals surface area contributed by atoms with Crippen molar-refractivity contribution >= 4 is 17.0 Å². The van der Waals surface area contributed by atoms with Gasteiger partial charge in [-0.3, -0.25) is 0 Å². The molecule has 0 aliphatic carbocycles. The third kappa shape index (κ3) is 1.88. The van der Waals surface area contributed by atoms with E-state index in [1.54, 1.807) is 11.3 Å². The molecule has 1 heterocycles. The number of anilines is 1. The van der Waals surface area contributed by atoms with Gasteiger partial charge in [-0.15, -0.1) is 11.3 Å². The van der Waals surface area contributed by atoms with Crippen LogP contribution in [0.25, 0.3) is 11.3 Å². The largest absolute Gasteiger partial charge is 0.398 e. The fourth-order valence-electron chi connectivity index (χ4n) is 1.53. The normalized spacial score (nSPS) is 10.6. The summed E-state index contributed by atoms with van der Waals surface area (Å²) < 4.78 is 0. The van der Waals surface area contributed by atoms with Crippen molar-refractivity contribution in [2.24, 2.45) is 0 Å². The highest BCUT2D eigenvalue weighted by Crippen LogP contribution is 2.27. The average molecular weight is 218 g/mol. The summed E-state index contributed by atoms with van der Waals surface area (Å²) in [5.74, 6) is 0. The molecule has 1 aromatic carbocycles. The maximum absolute atomic E-state index is 5.94. The van der Waals surface area contributed by atoms with E-state index in [1.807, 2.05) is 19.9 Å². The van der Waals surface area contributed by atoms with Gasteiger partial charge in [0, 0.05) is 16.6 Å². The molecule has 2 N–H and O–H groups in total. The van der Waals surface area contributed by atoms with E-state index in [9.17, 15) is 0 Å². The van der Waals surface area contributed by atoms with Crippen molar-refractivity contribution in [1.29, 1.82) is 0 Å². The fraction of sp³-hybridized carbons (Fsp3) is 0.250. The number of hydrogen-bond acceptors (Lipinski definition) is 3. The minimum Gasteiger partial charge on any atom is -0.398 e. The molecule has 15 heavy (non-hydrogen) atoms. The van der Waals surface area contributed by atoms with Crippen LogP contribution in [0.2, 0.25) is 0 Å². The SMILES string of the molecule is Cc1nc(-c2cc(C)c(C)c(N)c2)cs1. The van der Waals surface area contributed by atoms with E-state index in [2.05, 4.69) is 23.4 Å². The molecule has 2 nitrogen and oxygen atoms in total. The van der Waals surface area contributed by atoms with Gasteiger partial charge in [0.05, 0.1) is 10.7 Å². The Morgan fingerprint density at radius 2 is 1.93 bits per heavy atom. The molecule has 0 amide bonds. The van der Waals surface area contributed by atoms with Crippen LogP contribution in [0.5, 0.6) is 0 Å². The van der Waals surface area contributed by atoms with E-state index in [0.29, 0.717) is 0 Å². The van der Waals surface area contributed by atoms with E-state index in [1.165, 1.54) is 5.56 Å². The van der Waals surface area contributed by atoms with Crippen LogP contribution in [-0.2, 0) is 0 Å². The van der Waals surface area contributed by atoms with Gasteiger partial charge >= 0.3 is 0 Å². The number of nitrogens with two attached hydrogens (primary N) is 1. The first-order valence-electron chi connectivity index (χ1n) is 4.87. The fourth-order valence-corrected chi connectivity index (χ4v) is 2.15. The smallest absolute Gasteiger partial charge is 0.0901 e. The molecule has 2 rings (SSSR count). The number of aryl methyl sites for hydroxylation is 2. The molecule has 0 bridgehead atoms. The van der Waals surface area contributed by atoms with Crippen molar-refractivity contribution in [1.82, 2.24) is 4.98 Å². The zero-order chi connectivity index (χ0) is 11.0. The predicted octanol–water partition coefficient (Wildman–Crippen LogP) is 3.32. The Labute approximate surface area is 93.8 Å². The van der Waals surface area contributed by atoms with Crippen LogP contribution in [-0.4, -0.2) is 4.98 Å². The molecule has 78 valence electrons. The zero-order valence-corrected chi connectivity index (χ0v) is 9.98. The second kappa shape index (κ2) is 3.66. The van der Waals surface area contributed by atoms with E-state index in [0.717, 1.165) is 27.5 Å². The lowest BCUT2D eigenvalue weighted by Gasteiger charge is -2.06. The van der Waals surface area contributed by atoms with Crippen molar-refractivity contribution in [2.75, 3.05) is 5.73 Å². The standard InChI is InChI=1S/C12H14N2S/c1-7-4-10(5-11(13)8(7)2)12-6-15-9(3)14-12/h4-6H,13H2,1-3H3. The summed E-state index contributed by atoms with van der Waals surface area (Å²) in [6.45, 7) is 6.13. The predicted molar refractivity (Wildman–Crippen MR) is 66.2 cm³/mol. The number of benzene rings is 1. The number of rotatable bonds is 1. The number of nitrogen functional groups attached to an aromatic ring is 1. The Kier molecular flexibility index (Phi) is 2.49. The molecule has 0 fully saturated rings. The summed E-state index contributed by atoms with van der Waals surface area (Å²) in [6, 6.07) is 4.14. The molecule has 0 radical (unpaired) electrons. The average Bonchev–Trinajstić information content (AvgIpc) is 2.60. The summed E-state index contributed by atoms with van der Waals surface area (Å²) in [5.41, 5.74) is 11.3. The van der Waals surface area contributed by atoms with Crippen LogP contribution < -0.4 is 5.73 Å². The monoisotopic (exact) mass is 218 g/mol. The van der Waals surface area contributed by atoms with E-state index in [4.69, 9.17) is 5.73 Å². The van der Waals surface area contributed by atoms with Crippen LogP contribution >= 0.6 is 11.3 Å². The highest BCUT2D eigenvalue weighted by atomic mass is 32.1. The highest BCUT2D eigenvalue weighted by Gasteiger charge is 2.06. The van der Waals surface area contributed by atoms with Gasteiger partial charge < -0.3 is 5.73 Å². The molecule has 0 atom stereocenters. The molecule has 3 heteroatoms. The molecule has 0 saturated carbocycles. The van der Waals surface area contributed by atoms with E-state index in [-0.39, 0.29) is 0 Å². The summed E-state index contributed by atoms with van der Waals surface area (Å²) in [4.78, 5) is 4.46. The molecule has 0 aliphatic rings. The molecule has 2 aromatic rings. The van der Waals surface area contributed by atoms with Crippen LogP contribution in [0, 0.1) is 20.8 Å². The summed E-state index contributed by atoms with van der Waals surface area (Å²) in [7, 11) is 0. The lowest BCUT2D eigenvalue weighted by Crippen LogP contribution is -1.93. The quantitative estimate of drug-likeness (QED) is 0.746. The van der Waals surface area contributed by atoms with Gasteiger partial charge in [-0.2, -0.15) is 0 Å². The van der Waals surface area contributed by atoms with Crippen LogP contribution in [0.4, 0.5) is 5.69 Å². The Hall–Kier alpha value is -1.35. The minimum absolute atomic E-state index is 0.843. The van der Waals surface area contributed by atoms with Crippen LogP contribution in [0.15, 0.2) is 17.5 Å². The topological polar surface area (TPSA) is 38.9 Å². The Balaban J connectivity index is 2.55. The summed E-state index contributed by atoms with van der Waals surface area (Å²) in [6.07, 6.45) is 0. The first kappa shape index (κ1) is 10.2. The van der Waals surface area contributed by atoms with Gasteiger partial charge in [0.25, 0.3) is 0 Å². The van der Waals surface area contributed by atoms with Gasteiger partial charge in [0.1, 0.15) is 0 Å². The molecule has 0 spiro atoms. The first-order chi connectivity index (χ1) is 7.08. The first-order valence-corrected chi connectivity index (χ1v) is 5.75. The van der Waals surface area contributed by atoms with Crippen molar-refractivity contribution in [3.05, 3.63) is 33.6 Å². The molecular weight excluding hydrogens is 204 g/mol. The van der Waals surface area contributed by atoms with Crippen molar-refractivity contribution in [3.63, 3.8) is 0 Å². The number of hydrogen-bond donors (Lipinski definition) is 1. The second-order valence-corrected chi connectivity index (χ2v) is 4.82. The molecular formula is C12H14N2S. The Morgan fingerprint density at radius 1 is 1.20 bits per heavy atom. The Bertz CT molecular complexity index is 477. The van der Waals surface area contributed by atoms with Gasteiger partial charge in [-0.05, 0) is 44.0 Å². The molecule has 0 aliphatic heterocycles. The van der Waals surface area contributed by atoms with Gasteiger partial charge in [0.2, 0.25) is 0 Å². The van der Waals surface area contributed by atoms with Crippen molar-refractivity contribution < 1.29 is 0 Å². The van der Waals surface area contributed by atoms with Crippen LogP contribution in [0.1, 0.15) is 16.1 Å². The lowest BCUT2D eigenvalue weighted by atomic mass is 10.0. The maximum atomic E-state index is 5.94. The molecule has 0 saturated heterocycles. The van der Waals surface area contributed by atoms with Gasteiger partial charge in [-0.1, -0.05) is 0 Å². The summed E-state index contributed by atoms with van der Waals surface area (Å²) in [5, 5.41) is 3.15. The minimum atomic E-state index is 0.843. The maximum Gasteiger partial charge on any atom is 0.0901 e. The number of nitrogens with zero attached hydrogens (tertiary/aromatic N) is 1. The van der Waals surface area contributed by atoms with Crippen LogP contribution in [0.3, 0.4) is 0 Å². The van der Waals surface area contributed by atoms with Crippen molar-refractivity contribution in [2.45, 2.75) is 20.8 Å². The molecule has 0 unspecified atom stereocenters. The van der Waals surface area contributed by atoms with Gasteiger partial charge in [0.15, 0.2) is 0 Å². The van der Waals surface area contributed by atoms with E-state index < -0.39 is 0 Å². The Morgan fingerprint density at radius 3 is 2.47 bits per heavy atom. The summed E-state index contributed by atoms with van der Waals surface area (Å²) >= 11 is 1.66. The van der Waals surface area contributed by atoms with Gasteiger partial charge in [-0.25, -0.2) is 4.98 Å². The molecule has 1 aromatic heterocycles. The lowest BCUT2D eigenvalue weighted by molar-refractivity contribution is 1.28. The third-order valence-corrected chi connectivity index (χ3v) is 3.40.